The fourth-order valence-electron chi connectivity index (χ4n) is 2.58. The molecule has 0 radical (unpaired) electrons. The van der Waals surface area contributed by atoms with Crippen LogP contribution >= 0.6 is 0 Å². The standard InChI is InChI=1S/C15H26N4O/c1-3-5-13-14(16-4-2)18-11-19-15(13)17-8-6-12-7-9-20-10-12/h11-12H,3-10H2,1-2H3,(H2,16,17,18,19). The first-order valence-corrected chi connectivity index (χ1v) is 7.74. The van der Waals surface area contributed by atoms with Crippen molar-refractivity contribution in [1.29, 1.82) is 0 Å². The van der Waals surface area contributed by atoms with Crippen molar-refractivity contribution in [3.63, 3.8) is 0 Å². The van der Waals surface area contributed by atoms with Crippen LogP contribution in [-0.4, -0.2) is 36.3 Å². The van der Waals surface area contributed by atoms with Crippen LogP contribution in [0.2, 0.25) is 0 Å². The minimum Gasteiger partial charge on any atom is -0.381 e. The van der Waals surface area contributed by atoms with Crippen LogP contribution in [0.25, 0.3) is 0 Å². The number of rotatable bonds is 8. The van der Waals surface area contributed by atoms with Crippen LogP contribution in [0.15, 0.2) is 6.33 Å². The third kappa shape index (κ3) is 4.07. The predicted octanol–water partition coefficient (Wildman–Crippen LogP) is 2.70. The van der Waals surface area contributed by atoms with Gasteiger partial charge in [0.2, 0.25) is 0 Å². The maximum atomic E-state index is 5.41. The smallest absolute Gasteiger partial charge is 0.134 e. The topological polar surface area (TPSA) is 59.1 Å². The third-order valence-corrected chi connectivity index (χ3v) is 3.66. The Morgan fingerprint density at radius 1 is 1.25 bits per heavy atom. The molecule has 1 unspecified atom stereocenters. The largest absolute Gasteiger partial charge is 0.381 e. The average Bonchev–Trinajstić information content (AvgIpc) is 2.96. The van der Waals surface area contributed by atoms with E-state index in [4.69, 9.17) is 4.74 Å². The summed E-state index contributed by atoms with van der Waals surface area (Å²) in [4.78, 5) is 8.76. The second-order valence-corrected chi connectivity index (χ2v) is 5.27. The molecule has 1 atom stereocenters. The van der Waals surface area contributed by atoms with Crippen molar-refractivity contribution < 1.29 is 4.74 Å². The first kappa shape index (κ1) is 15.0. The zero-order valence-corrected chi connectivity index (χ0v) is 12.6. The summed E-state index contributed by atoms with van der Waals surface area (Å²) in [7, 11) is 0. The monoisotopic (exact) mass is 278 g/mol. The molecule has 1 aromatic rings. The Kier molecular flexibility index (Phi) is 6.05. The van der Waals surface area contributed by atoms with E-state index in [2.05, 4.69) is 34.4 Å². The van der Waals surface area contributed by atoms with E-state index in [-0.39, 0.29) is 0 Å². The van der Waals surface area contributed by atoms with E-state index >= 15 is 0 Å². The SMILES string of the molecule is CCCc1c(NCC)ncnc1NCCC1CCOC1. The summed E-state index contributed by atoms with van der Waals surface area (Å²) in [5.41, 5.74) is 1.21. The van der Waals surface area contributed by atoms with Crippen molar-refractivity contribution in [2.45, 2.75) is 39.5 Å². The van der Waals surface area contributed by atoms with Crippen LogP contribution in [0.1, 0.15) is 38.7 Å². The first-order chi connectivity index (χ1) is 9.85. The molecular formula is C15H26N4O. The molecule has 0 aliphatic carbocycles. The minimum atomic E-state index is 0.701. The second-order valence-electron chi connectivity index (χ2n) is 5.27. The average molecular weight is 278 g/mol. The Labute approximate surface area is 121 Å². The van der Waals surface area contributed by atoms with Gasteiger partial charge in [0, 0.05) is 31.9 Å². The van der Waals surface area contributed by atoms with Crippen molar-refractivity contribution in [2.24, 2.45) is 5.92 Å². The number of ether oxygens (including phenoxy) is 1. The Morgan fingerprint density at radius 2 is 2.05 bits per heavy atom. The molecule has 112 valence electrons. The summed E-state index contributed by atoms with van der Waals surface area (Å²) < 4.78 is 5.41. The van der Waals surface area contributed by atoms with Gasteiger partial charge in [-0.1, -0.05) is 13.3 Å². The van der Waals surface area contributed by atoms with Gasteiger partial charge < -0.3 is 15.4 Å². The van der Waals surface area contributed by atoms with Crippen molar-refractivity contribution in [3.05, 3.63) is 11.9 Å². The number of nitrogens with one attached hydrogen (secondary N) is 2. The molecule has 2 N–H and O–H groups in total. The lowest BCUT2D eigenvalue weighted by atomic mass is 10.1. The van der Waals surface area contributed by atoms with E-state index in [9.17, 15) is 0 Å². The molecule has 5 heteroatoms. The minimum absolute atomic E-state index is 0.701. The lowest BCUT2D eigenvalue weighted by molar-refractivity contribution is 0.185. The lowest BCUT2D eigenvalue weighted by Crippen LogP contribution is -2.13. The molecular weight excluding hydrogens is 252 g/mol. The highest BCUT2D eigenvalue weighted by molar-refractivity contribution is 5.57. The lowest BCUT2D eigenvalue weighted by Gasteiger charge is -2.15. The molecule has 0 spiro atoms. The van der Waals surface area contributed by atoms with Gasteiger partial charge in [0.05, 0.1) is 0 Å². The summed E-state index contributed by atoms with van der Waals surface area (Å²) in [6, 6.07) is 0. The van der Waals surface area contributed by atoms with Crippen LogP contribution in [0, 0.1) is 5.92 Å². The maximum Gasteiger partial charge on any atom is 0.134 e. The molecule has 2 heterocycles. The van der Waals surface area contributed by atoms with Crippen molar-refractivity contribution in [3.8, 4) is 0 Å². The van der Waals surface area contributed by atoms with Crippen LogP contribution in [0.3, 0.4) is 0 Å². The number of aromatic nitrogens is 2. The van der Waals surface area contributed by atoms with Gasteiger partial charge in [0.1, 0.15) is 18.0 Å². The van der Waals surface area contributed by atoms with E-state index in [1.807, 2.05) is 0 Å². The Hall–Kier alpha value is -1.36. The predicted molar refractivity (Wildman–Crippen MR) is 82.2 cm³/mol. The molecule has 0 bridgehead atoms. The van der Waals surface area contributed by atoms with E-state index < -0.39 is 0 Å². The normalized spacial score (nSPS) is 18.2. The highest BCUT2D eigenvalue weighted by Gasteiger charge is 2.15. The Balaban J connectivity index is 1.95. The molecule has 1 aliphatic heterocycles. The number of hydrogen-bond acceptors (Lipinski definition) is 5. The zero-order valence-electron chi connectivity index (χ0n) is 12.6. The first-order valence-electron chi connectivity index (χ1n) is 7.74. The number of nitrogens with zero attached hydrogens (tertiary/aromatic N) is 2. The van der Waals surface area contributed by atoms with Crippen molar-refractivity contribution >= 4 is 11.6 Å². The molecule has 1 aliphatic rings. The summed E-state index contributed by atoms with van der Waals surface area (Å²) >= 11 is 0. The summed E-state index contributed by atoms with van der Waals surface area (Å²) in [5.74, 6) is 2.65. The van der Waals surface area contributed by atoms with Crippen LogP contribution in [-0.2, 0) is 11.2 Å². The molecule has 1 saturated heterocycles. The highest BCUT2D eigenvalue weighted by Crippen LogP contribution is 2.22. The highest BCUT2D eigenvalue weighted by atomic mass is 16.5. The van der Waals surface area contributed by atoms with Crippen LogP contribution in [0.4, 0.5) is 11.6 Å². The molecule has 2 rings (SSSR count). The molecule has 0 saturated carbocycles. The van der Waals surface area contributed by atoms with Crippen LogP contribution < -0.4 is 10.6 Å². The molecule has 0 amide bonds. The van der Waals surface area contributed by atoms with Gasteiger partial charge in [-0.05, 0) is 32.1 Å². The quantitative estimate of drug-likeness (QED) is 0.765. The van der Waals surface area contributed by atoms with Crippen molar-refractivity contribution in [1.82, 2.24) is 9.97 Å². The van der Waals surface area contributed by atoms with Gasteiger partial charge >= 0.3 is 0 Å². The summed E-state index contributed by atoms with van der Waals surface area (Å²) in [5, 5.41) is 6.80. The molecule has 5 nitrogen and oxygen atoms in total. The Morgan fingerprint density at radius 3 is 2.70 bits per heavy atom. The van der Waals surface area contributed by atoms with E-state index in [0.29, 0.717) is 5.92 Å². The van der Waals surface area contributed by atoms with Gasteiger partial charge in [0.15, 0.2) is 0 Å². The number of anilines is 2. The van der Waals surface area contributed by atoms with E-state index in [1.54, 1.807) is 6.33 Å². The van der Waals surface area contributed by atoms with Gasteiger partial charge in [-0.15, -0.1) is 0 Å². The van der Waals surface area contributed by atoms with Gasteiger partial charge in [0.25, 0.3) is 0 Å². The summed E-state index contributed by atoms with van der Waals surface area (Å²) in [6.07, 6.45) is 6.06. The number of hydrogen-bond donors (Lipinski definition) is 2. The maximum absolute atomic E-state index is 5.41. The summed E-state index contributed by atoms with van der Waals surface area (Å²) in [6.45, 7) is 7.94. The van der Waals surface area contributed by atoms with Crippen molar-refractivity contribution in [2.75, 3.05) is 36.9 Å². The van der Waals surface area contributed by atoms with E-state index in [1.165, 1.54) is 12.0 Å². The third-order valence-electron chi connectivity index (χ3n) is 3.66. The second kappa shape index (κ2) is 8.04. The molecule has 0 aromatic carbocycles. The zero-order chi connectivity index (χ0) is 14.2. The molecule has 1 aromatic heterocycles. The van der Waals surface area contributed by atoms with Gasteiger partial charge in [-0.2, -0.15) is 0 Å². The molecule has 20 heavy (non-hydrogen) atoms. The fourth-order valence-corrected chi connectivity index (χ4v) is 2.58. The fraction of sp³-hybridized carbons (Fsp3) is 0.733. The van der Waals surface area contributed by atoms with Gasteiger partial charge in [-0.25, -0.2) is 9.97 Å². The Bertz CT molecular complexity index is 405. The van der Waals surface area contributed by atoms with Crippen LogP contribution in [0.5, 0.6) is 0 Å². The molecule has 1 fully saturated rings. The van der Waals surface area contributed by atoms with E-state index in [0.717, 1.165) is 57.2 Å². The van der Waals surface area contributed by atoms with Gasteiger partial charge in [-0.3, -0.25) is 0 Å².